The van der Waals surface area contributed by atoms with Crippen LogP contribution < -0.4 is 4.72 Å². The van der Waals surface area contributed by atoms with Crippen LogP contribution >= 0.6 is 0 Å². The molecule has 0 radical (unpaired) electrons. The molecule has 0 saturated heterocycles. The lowest BCUT2D eigenvalue weighted by molar-refractivity contribution is -0.139. The Morgan fingerprint density at radius 3 is 2.24 bits per heavy atom. The van der Waals surface area contributed by atoms with Crippen LogP contribution in [0.2, 0.25) is 0 Å². The van der Waals surface area contributed by atoms with Gasteiger partial charge in [0, 0.05) is 0 Å². The zero-order chi connectivity index (χ0) is 16.0. The average molecular weight is 315 g/mol. The van der Waals surface area contributed by atoms with Gasteiger partial charge in [-0.15, -0.1) is 0 Å². The fourth-order valence-electron chi connectivity index (χ4n) is 1.55. The second-order valence-electron chi connectivity index (χ2n) is 4.17. The molecular weight excluding hydrogens is 298 g/mol. The number of ether oxygens (including phenoxy) is 1. The number of rotatable bonds is 7. The molecule has 2 N–H and O–H groups in total. The predicted octanol–water partition coefficient (Wildman–Crippen LogP) is 1.00. The predicted molar refractivity (Wildman–Crippen MR) is 74.4 cm³/mol. The number of carboxylic acids is 1. The minimum atomic E-state index is -3.95. The fraction of sp³-hybridized carbons (Fsp3) is 0.385. The molecule has 0 aliphatic heterocycles. The summed E-state index contributed by atoms with van der Waals surface area (Å²) in [5, 5.41) is 8.87. The Balaban J connectivity index is 2.94. The number of carboxylic acid groups (broad SMARTS) is 1. The summed E-state index contributed by atoms with van der Waals surface area (Å²) in [6.45, 7) is 3.44. The Morgan fingerprint density at radius 1 is 1.24 bits per heavy atom. The molecule has 1 atom stereocenters. The van der Waals surface area contributed by atoms with Crippen LogP contribution in [0.1, 0.15) is 30.6 Å². The molecule has 0 aliphatic rings. The van der Waals surface area contributed by atoms with Crippen LogP contribution in [0.15, 0.2) is 29.2 Å². The Bertz CT molecular complexity index is 608. The van der Waals surface area contributed by atoms with Crippen molar-refractivity contribution in [3.8, 4) is 0 Å². The molecule has 0 saturated carbocycles. The third-order valence-electron chi connectivity index (χ3n) is 2.68. The lowest BCUT2D eigenvalue weighted by Crippen LogP contribution is -2.40. The van der Waals surface area contributed by atoms with Gasteiger partial charge >= 0.3 is 11.9 Å². The number of sulfonamides is 1. The number of benzene rings is 1. The monoisotopic (exact) mass is 315 g/mol. The smallest absolute Gasteiger partial charge is 0.338 e. The van der Waals surface area contributed by atoms with E-state index in [1.54, 1.807) is 13.8 Å². The van der Waals surface area contributed by atoms with E-state index in [9.17, 15) is 18.0 Å². The van der Waals surface area contributed by atoms with Gasteiger partial charge in [0.15, 0.2) is 0 Å². The van der Waals surface area contributed by atoms with Gasteiger partial charge in [0.05, 0.1) is 17.1 Å². The Morgan fingerprint density at radius 2 is 1.81 bits per heavy atom. The summed E-state index contributed by atoms with van der Waals surface area (Å²) in [6, 6.07) is 3.88. The third kappa shape index (κ3) is 4.54. The fourth-order valence-corrected chi connectivity index (χ4v) is 2.82. The molecule has 0 fully saturated rings. The SMILES string of the molecule is CCOC(=O)c1ccc(S(=O)(=O)NC(CC)C(=O)O)cc1. The van der Waals surface area contributed by atoms with Crippen LogP contribution in [0.4, 0.5) is 0 Å². The lowest BCUT2D eigenvalue weighted by atomic mass is 10.2. The number of nitrogens with one attached hydrogen (secondary N) is 1. The number of carbonyl (C=O) groups is 2. The van der Waals surface area contributed by atoms with Gasteiger partial charge < -0.3 is 9.84 Å². The Labute approximate surface area is 123 Å². The first-order valence-electron chi connectivity index (χ1n) is 6.34. The number of esters is 1. The molecule has 1 rings (SSSR count). The van der Waals surface area contributed by atoms with Gasteiger partial charge in [-0.1, -0.05) is 6.92 Å². The summed E-state index contributed by atoms with van der Waals surface area (Å²) >= 11 is 0. The molecule has 1 aromatic carbocycles. The molecule has 1 aromatic rings. The summed E-state index contributed by atoms with van der Waals surface area (Å²) in [5.74, 6) is -1.80. The summed E-state index contributed by atoms with van der Waals surface area (Å²) < 4.78 is 30.9. The molecule has 0 aliphatic carbocycles. The maximum absolute atomic E-state index is 12.0. The van der Waals surface area contributed by atoms with Crippen LogP contribution in [0.5, 0.6) is 0 Å². The molecule has 0 spiro atoms. The lowest BCUT2D eigenvalue weighted by Gasteiger charge is -2.13. The quantitative estimate of drug-likeness (QED) is 0.727. The van der Waals surface area contributed by atoms with E-state index in [1.165, 1.54) is 24.3 Å². The van der Waals surface area contributed by atoms with E-state index in [2.05, 4.69) is 4.72 Å². The minimum absolute atomic E-state index is 0.116. The van der Waals surface area contributed by atoms with Crippen LogP contribution in [0.25, 0.3) is 0 Å². The first kappa shape index (κ1) is 17.1. The molecule has 116 valence electrons. The Hall–Kier alpha value is -1.93. The summed E-state index contributed by atoms with van der Waals surface area (Å²) in [4.78, 5) is 22.2. The van der Waals surface area contributed by atoms with Crippen molar-refractivity contribution in [3.63, 3.8) is 0 Å². The minimum Gasteiger partial charge on any atom is -0.480 e. The van der Waals surface area contributed by atoms with Crippen molar-refractivity contribution in [2.45, 2.75) is 31.2 Å². The van der Waals surface area contributed by atoms with E-state index in [4.69, 9.17) is 9.84 Å². The first-order chi connectivity index (χ1) is 9.81. The standard InChI is InChI=1S/C13H17NO6S/c1-3-11(12(15)16)14-21(18,19)10-7-5-9(6-8-10)13(17)20-4-2/h5-8,11,14H,3-4H2,1-2H3,(H,15,16). The molecular formula is C13H17NO6S. The second kappa shape index (κ2) is 7.19. The first-order valence-corrected chi connectivity index (χ1v) is 7.82. The van der Waals surface area contributed by atoms with Gasteiger partial charge in [-0.2, -0.15) is 4.72 Å². The average Bonchev–Trinajstić information content (AvgIpc) is 2.45. The topological polar surface area (TPSA) is 110 Å². The van der Waals surface area contributed by atoms with Crippen molar-refractivity contribution in [2.24, 2.45) is 0 Å². The highest BCUT2D eigenvalue weighted by Gasteiger charge is 2.24. The molecule has 0 aromatic heterocycles. The van der Waals surface area contributed by atoms with E-state index in [0.29, 0.717) is 0 Å². The van der Waals surface area contributed by atoms with Crippen molar-refractivity contribution in [1.29, 1.82) is 0 Å². The molecule has 21 heavy (non-hydrogen) atoms. The summed E-state index contributed by atoms with van der Waals surface area (Å²) in [5.41, 5.74) is 0.223. The number of aliphatic carboxylic acids is 1. The maximum Gasteiger partial charge on any atom is 0.338 e. The van der Waals surface area contributed by atoms with Gasteiger partial charge in [-0.3, -0.25) is 4.79 Å². The molecule has 8 heteroatoms. The molecule has 0 heterocycles. The highest BCUT2D eigenvalue weighted by molar-refractivity contribution is 7.89. The van der Waals surface area contributed by atoms with E-state index in [1.807, 2.05) is 0 Å². The highest BCUT2D eigenvalue weighted by atomic mass is 32.2. The Kier molecular flexibility index (Phi) is 5.86. The highest BCUT2D eigenvalue weighted by Crippen LogP contribution is 2.12. The van der Waals surface area contributed by atoms with Gasteiger partial charge in [0.1, 0.15) is 6.04 Å². The summed E-state index contributed by atoms with van der Waals surface area (Å²) in [6.07, 6.45) is 0.121. The van der Waals surface area contributed by atoms with Crippen LogP contribution in [-0.2, 0) is 19.6 Å². The number of hydrogen-bond acceptors (Lipinski definition) is 5. The van der Waals surface area contributed by atoms with Gasteiger partial charge in [-0.05, 0) is 37.6 Å². The molecule has 0 amide bonds. The molecule has 7 nitrogen and oxygen atoms in total. The van der Waals surface area contributed by atoms with Gasteiger partial charge in [0.2, 0.25) is 10.0 Å². The molecule has 1 unspecified atom stereocenters. The van der Waals surface area contributed by atoms with Gasteiger partial charge in [0.25, 0.3) is 0 Å². The zero-order valence-electron chi connectivity index (χ0n) is 11.7. The van der Waals surface area contributed by atoms with E-state index in [0.717, 1.165) is 0 Å². The van der Waals surface area contributed by atoms with Gasteiger partial charge in [-0.25, -0.2) is 13.2 Å². The van der Waals surface area contributed by atoms with E-state index >= 15 is 0 Å². The zero-order valence-corrected chi connectivity index (χ0v) is 12.5. The van der Waals surface area contributed by atoms with E-state index < -0.39 is 28.0 Å². The van der Waals surface area contributed by atoms with E-state index in [-0.39, 0.29) is 23.5 Å². The summed E-state index contributed by atoms with van der Waals surface area (Å²) in [7, 11) is -3.95. The normalized spacial score (nSPS) is 12.7. The largest absolute Gasteiger partial charge is 0.480 e. The maximum atomic E-state index is 12.0. The third-order valence-corrected chi connectivity index (χ3v) is 4.17. The van der Waals surface area contributed by atoms with Crippen LogP contribution in [0.3, 0.4) is 0 Å². The van der Waals surface area contributed by atoms with Crippen molar-refractivity contribution in [1.82, 2.24) is 4.72 Å². The van der Waals surface area contributed by atoms with Crippen LogP contribution in [0, 0.1) is 0 Å². The molecule has 0 bridgehead atoms. The van der Waals surface area contributed by atoms with Crippen molar-refractivity contribution >= 4 is 22.0 Å². The second-order valence-corrected chi connectivity index (χ2v) is 5.88. The number of hydrogen-bond donors (Lipinski definition) is 2. The van der Waals surface area contributed by atoms with Crippen molar-refractivity contribution in [2.75, 3.05) is 6.61 Å². The van der Waals surface area contributed by atoms with Crippen LogP contribution in [-0.4, -0.2) is 38.1 Å². The van der Waals surface area contributed by atoms with Crippen molar-refractivity contribution < 1.29 is 27.9 Å². The van der Waals surface area contributed by atoms with Crippen molar-refractivity contribution in [3.05, 3.63) is 29.8 Å². The number of carbonyl (C=O) groups excluding carboxylic acids is 1.